The number of carbonyl (C=O) groups is 2. The van der Waals surface area contributed by atoms with Gasteiger partial charge in [-0.25, -0.2) is 4.39 Å². The van der Waals surface area contributed by atoms with Crippen molar-refractivity contribution < 1.29 is 38.0 Å². The van der Waals surface area contributed by atoms with Crippen molar-refractivity contribution >= 4 is 34.6 Å². The zero-order valence-electron chi connectivity index (χ0n) is 25.2. The van der Waals surface area contributed by atoms with Crippen molar-refractivity contribution in [1.29, 1.82) is 10.7 Å². The number of hydrogen-bond donors (Lipinski definition) is 2. The van der Waals surface area contributed by atoms with Gasteiger partial charge in [-0.05, 0) is 48.4 Å². The van der Waals surface area contributed by atoms with Crippen LogP contribution in [0, 0.1) is 22.6 Å². The van der Waals surface area contributed by atoms with Gasteiger partial charge in [0.2, 0.25) is 0 Å². The third kappa shape index (κ3) is 8.60. The van der Waals surface area contributed by atoms with E-state index in [1.165, 1.54) is 19.1 Å². The van der Waals surface area contributed by atoms with Crippen LogP contribution in [0.1, 0.15) is 79.9 Å². The molecule has 0 unspecified atom stereocenters. The predicted molar refractivity (Wildman–Crippen MR) is 164 cm³/mol. The quantitative estimate of drug-likeness (QED) is 0.172. The van der Waals surface area contributed by atoms with E-state index in [9.17, 15) is 9.59 Å². The molecule has 0 atom stereocenters. The van der Waals surface area contributed by atoms with Crippen molar-refractivity contribution in [2.75, 3.05) is 34.0 Å². The van der Waals surface area contributed by atoms with Gasteiger partial charge in [0.15, 0.2) is 34.6 Å². The van der Waals surface area contributed by atoms with E-state index >= 15 is 4.39 Å². The molecule has 0 aliphatic carbocycles. The summed E-state index contributed by atoms with van der Waals surface area (Å²) < 4.78 is 37.7. The molecule has 12 heteroatoms. The molecule has 1 aliphatic heterocycles. The molecule has 0 aromatic heterocycles. The Hall–Kier alpha value is -3.85. The summed E-state index contributed by atoms with van der Waals surface area (Å²) >= 11 is 0. The minimum Gasteiger partial charge on any atom is -0.493 e. The first-order valence-electron chi connectivity index (χ1n) is 13.8. The minimum absolute atomic E-state index is 0. The van der Waals surface area contributed by atoms with Crippen LogP contribution in [0.2, 0.25) is 0 Å². The Morgan fingerprint density at radius 1 is 1.05 bits per heavy atom. The second-order valence-corrected chi connectivity index (χ2v) is 11.0. The number of unbranched alkanes of at least 4 members (excludes halogenated alkanes) is 2. The van der Waals surface area contributed by atoms with E-state index in [4.69, 9.17) is 34.7 Å². The van der Waals surface area contributed by atoms with Gasteiger partial charge < -0.3 is 29.0 Å². The number of rotatable bonds is 15. The van der Waals surface area contributed by atoms with E-state index in [-0.39, 0.29) is 78.4 Å². The summed E-state index contributed by atoms with van der Waals surface area (Å²) in [5.74, 6) is -1.09. The minimum atomic E-state index is -0.884. The van der Waals surface area contributed by atoms with E-state index < -0.39 is 17.2 Å². The van der Waals surface area contributed by atoms with Crippen LogP contribution in [-0.2, 0) is 16.8 Å². The molecule has 0 spiro atoms. The number of benzene rings is 2. The highest BCUT2D eigenvalue weighted by molar-refractivity contribution is 8.93. The molecule has 2 aromatic carbocycles. The standard InChI is InChI=1S/C31H38FN3O7.BrH/c1-31(2,3)21-14-19(15-24(28(21)42-13-9-7-11-33)41-12-8-6-10-25(37)38)22(36)18-35-17-20-16-23(39-4)29(40-5)27(32)26(20)30(35)34;/h14-16,34H,6-10,12-13,17-18H2,1-5H3,(H,37,38);1H. The molecule has 43 heavy (non-hydrogen) atoms. The number of carboxylic acid groups (broad SMARTS) is 1. The number of halogens is 2. The summed E-state index contributed by atoms with van der Waals surface area (Å²) in [7, 11) is 2.73. The molecule has 0 saturated carbocycles. The number of amidine groups is 1. The second-order valence-electron chi connectivity index (χ2n) is 11.0. The molecule has 0 fully saturated rings. The summed E-state index contributed by atoms with van der Waals surface area (Å²) in [6.07, 6.45) is 1.79. The molecule has 1 aliphatic rings. The molecule has 0 bridgehead atoms. The maximum absolute atomic E-state index is 15.2. The average molecular weight is 665 g/mol. The van der Waals surface area contributed by atoms with Crippen LogP contribution in [-0.4, -0.2) is 61.6 Å². The number of Topliss-reactive ketones (excluding diaryl/α,β-unsaturated/α-hetero) is 1. The maximum atomic E-state index is 15.2. The number of hydrogen-bond acceptors (Lipinski definition) is 8. The van der Waals surface area contributed by atoms with Crippen molar-refractivity contribution in [3.8, 4) is 29.1 Å². The fraction of sp³-hybridized carbons (Fsp3) is 0.484. The fourth-order valence-corrected chi connectivity index (χ4v) is 4.69. The summed E-state index contributed by atoms with van der Waals surface area (Å²) in [5, 5.41) is 26.4. The lowest BCUT2D eigenvalue weighted by atomic mass is 9.84. The van der Waals surface area contributed by atoms with Gasteiger partial charge in [-0.2, -0.15) is 5.26 Å². The van der Waals surface area contributed by atoms with E-state index in [0.717, 1.165) is 5.56 Å². The second kappa shape index (κ2) is 15.6. The normalized spacial score (nSPS) is 12.2. The SMILES string of the molecule is Br.COc1cc2c(c(F)c1OC)C(=N)N(CC(=O)c1cc(OCCCCC(=O)O)c(OCCCC#N)c(C(C)(C)C)c1)C2. The molecule has 0 amide bonds. The lowest BCUT2D eigenvalue weighted by Crippen LogP contribution is -2.30. The summed E-state index contributed by atoms with van der Waals surface area (Å²) in [5.41, 5.74) is 1.21. The molecule has 234 valence electrons. The van der Waals surface area contributed by atoms with E-state index in [1.54, 1.807) is 18.2 Å². The zero-order chi connectivity index (χ0) is 31.0. The zero-order valence-corrected chi connectivity index (χ0v) is 26.9. The number of fused-ring (bicyclic) bond motifs is 1. The highest BCUT2D eigenvalue weighted by atomic mass is 79.9. The highest BCUT2D eigenvalue weighted by Gasteiger charge is 2.33. The summed E-state index contributed by atoms with van der Waals surface area (Å²) in [4.78, 5) is 26.0. The largest absolute Gasteiger partial charge is 0.493 e. The third-order valence-corrected chi connectivity index (χ3v) is 6.85. The molecule has 0 saturated heterocycles. The smallest absolute Gasteiger partial charge is 0.303 e. The van der Waals surface area contributed by atoms with Crippen LogP contribution >= 0.6 is 17.0 Å². The van der Waals surface area contributed by atoms with Gasteiger partial charge in [0.05, 0.1) is 45.6 Å². The summed E-state index contributed by atoms with van der Waals surface area (Å²) in [6.45, 7) is 6.40. The van der Waals surface area contributed by atoms with Gasteiger partial charge in [-0.15, -0.1) is 17.0 Å². The Labute approximate surface area is 262 Å². The topological polar surface area (TPSA) is 142 Å². The van der Waals surface area contributed by atoms with E-state index in [1.807, 2.05) is 20.8 Å². The Morgan fingerprint density at radius 3 is 2.35 bits per heavy atom. The van der Waals surface area contributed by atoms with Crippen LogP contribution in [0.15, 0.2) is 18.2 Å². The van der Waals surface area contributed by atoms with Crippen molar-refractivity contribution in [2.24, 2.45) is 0 Å². The van der Waals surface area contributed by atoms with Crippen molar-refractivity contribution in [1.82, 2.24) is 4.90 Å². The van der Waals surface area contributed by atoms with Gasteiger partial charge in [0.1, 0.15) is 5.84 Å². The van der Waals surface area contributed by atoms with Gasteiger partial charge in [-0.3, -0.25) is 15.0 Å². The van der Waals surface area contributed by atoms with Crippen LogP contribution in [0.3, 0.4) is 0 Å². The fourth-order valence-electron chi connectivity index (χ4n) is 4.69. The predicted octanol–water partition coefficient (Wildman–Crippen LogP) is 6.06. The average Bonchev–Trinajstić information content (AvgIpc) is 3.24. The van der Waals surface area contributed by atoms with Crippen molar-refractivity contribution in [3.05, 3.63) is 46.3 Å². The van der Waals surface area contributed by atoms with Crippen LogP contribution < -0.4 is 18.9 Å². The monoisotopic (exact) mass is 663 g/mol. The maximum Gasteiger partial charge on any atom is 0.303 e. The Bertz CT molecular complexity index is 1390. The van der Waals surface area contributed by atoms with Crippen LogP contribution in [0.4, 0.5) is 4.39 Å². The van der Waals surface area contributed by atoms with Gasteiger partial charge in [0.25, 0.3) is 0 Å². The number of nitrogens with one attached hydrogen (secondary N) is 1. The first kappa shape index (κ1) is 35.3. The number of nitrogens with zero attached hydrogens (tertiary/aromatic N) is 2. The number of carbonyl (C=O) groups excluding carboxylic acids is 1. The Morgan fingerprint density at radius 2 is 1.74 bits per heavy atom. The lowest BCUT2D eigenvalue weighted by Gasteiger charge is -2.26. The first-order chi connectivity index (χ1) is 19.9. The van der Waals surface area contributed by atoms with Gasteiger partial charge in [-0.1, -0.05) is 20.8 Å². The Kier molecular flexibility index (Phi) is 12.8. The lowest BCUT2D eigenvalue weighted by molar-refractivity contribution is -0.137. The van der Waals surface area contributed by atoms with Crippen molar-refractivity contribution in [2.45, 2.75) is 64.8 Å². The van der Waals surface area contributed by atoms with Crippen LogP contribution in [0.5, 0.6) is 23.0 Å². The molecule has 3 rings (SSSR count). The number of carboxylic acids is 1. The number of aliphatic carboxylic acids is 1. The highest BCUT2D eigenvalue weighted by Crippen LogP contribution is 2.41. The number of ketones is 1. The number of methoxy groups -OCH3 is 2. The van der Waals surface area contributed by atoms with Crippen molar-refractivity contribution in [3.63, 3.8) is 0 Å². The summed E-state index contributed by atoms with van der Waals surface area (Å²) in [6, 6.07) is 7.05. The molecular formula is C31H39BrFN3O7. The van der Waals surface area contributed by atoms with Crippen LogP contribution in [0.25, 0.3) is 0 Å². The molecule has 10 nitrogen and oxygen atoms in total. The van der Waals surface area contributed by atoms with E-state index in [0.29, 0.717) is 48.3 Å². The Balaban J connectivity index is 0.00000645. The molecule has 2 N–H and O–H groups in total. The van der Waals surface area contributed by atoms with E-state index in [2.05, 4.69) is 6.07 Å². The number of nitriles is 1. The molecular weight excluding hydrogens is 625 g/mol. The molecule has 2 aromatic rings. The van der Waals surface area contributed by atoms with Gasteiger partial charge in [0, 0.05) is 30.5 Å². The first-order valence-corrected chi connectivity index (χ1v) is 13.8. The molecule has 1 heterocycles. The molecule has 0 radical (unpaired) electrons. The number of ether oxygens (including phenoxy) is 4. The van der Waals surface area contributed by atoms with Gasteiger partial charge >= 0.3 is 5.97 Å². The third-order valence-electron chi connectivity index (χ3n) is 6.85.